The fourth-order valence-corrected chi connectivity index (χ4v) is 2.75. The van der Waals surface area contributed by atoms with E-state index in [-0.39, 0.29) is 24.2 Å². The summed E-state index contributed by atoms with van der Waals surface area (Å²) >= 11 is 0. The highest BCUT2D eigenvalue weighted by atomic mass is 16.4. The van der Waals surface area contributed by atoms with Crippen LogP contribution < -0.4 is 0 Å². The van der Waals surface area contributed by atoms with Gasteiger partial charge in [-0.3, -0.25) is 9.59 Å². The molecule has 2 aromatic rings. The van der Waals surface area contributed by atoms with Gasteiger partial charge in [0.2, 0.25) is 0 Å². The molecule has 132 valence electrons. The Morgan fingerprint density at radius 1 is 1.28 bits per heavy atom. The summed E-state index contributed by atoms with van der Waals surface area (Å²) in [7, 11) is 0. The number of carbonyl (C=O) groups is 2. The highest BCUT2D eigenvalue weighted by Gasteiger charge is 2.36. The van der Waals surface area contributed by atoms with E-state index in [9.17, 15) is 9.59 Å². The highest BCUT2D eigenvalue weighted by Crippen LogP contribution is 2.29. The number of amides is 1. The van der Waals surface area contributed by atoms with Crippen LogP contribution in [0.5, 0.6) is 0 Å². The molecule has 1 fully saturated rings. The maximum Gasteiger partial charge on any atom is 0.308 e. The molecule has 1 saturated carbocycles. The number of carboxylic acids is 1. The molecule has 25 heavy (non-hydrogen) atoms. The molecule has 7 nitrogen and oxygen atoms in total. The summed E-state index contributed by atoms with van der Waals surface area (Å²) in [4.78, 5) is 25.7. The number of nitrogens with zero attached hydrogens (tertiary/aromatic N) is 4. The van der Waals surface area contributed by atoms with E-state index in [0.717, 1.165) is 24.1 Å². The molecule has 0 aliphatic heterocycles. The van der Waals surface area contributed by atoms with Crippen molar-refractivity contribution in [3.63, 3.8) is 0 Å². The normalized spacial score (nSPS) is 15.0. The lowest BCUT2D eigenvalue weighted by molar-refractivity contribution is -0.141. The minimum atomic E-state index is -0.904. The lowest BCUT2D eigenvalue weighted by atomic mass is 10.1. The Labute approximate surface area is 146 Å². The zero-order valence-electron chi connectivity index (χ0n) is 14.6. The third-order valence-electron chi connectivity index (χ3n) is 4.52. The second kappa shape index (κ2) is 6.66. The van der Waals surface area contributed by atoms with Crippen LogP contribution >= 0.6 is 0 Å². The molecule has 7 heteroatoms. The van der Waals surface area contributed by atoms with Crippen LogP contribution in [0.3, 0.4) is 0 Å². The molecule has 1 amide bonds. The van der Waals surface area contributed by atoms with E-state index in [1.54, 1.807) is 23.4 Å². The number of carboxylic acid groups (broad SMARTS) is 1. The molecular formula is C18H22N4O3. The predicted molar refractivity (Wildman–Crippen MR) is 91.7 cm³/mol. The van der Waals surface area contributed by atoms with Crippen molar-refractivity contribution < 1.29 is 14.7 Å². The van der Waals surface area contributed by atoms with Gasteiger partial charge in [0.1, 0.15) is 0 Å². The first-order valence-electron chi connectivity index (χ1n) is 8.41. The number of carbonyl (C=O) groups excluding carboxylic acids is 1. The van der Waals surface area contributed by atoms with Gasteiger partial charge in [-0.1, -0.05) is 29.8 Å². The maximum absolute atomic E-state index is 12.9. The van der Waals surface area contributed by atoms with Gasteiger partial charge in [-0.05, 0) is 38.8 Å². The van der Waals surface area contributed by atoms with Crippen LogP contribution in [-0.4, -0.2) is 49.5 Å². The van der Waals surface area contributed by atoms with Gasteiger partial charge in [-0.15, -0.1) is 5.10 Å². The molecule has 1 heterocycles. The SMILES string of the molecule is Cc1ccc(-n2nnc(C(=O)N(C[C@@H](C)C(=O)O)C3CC3)c2C)cc1. The number of rotatable bonds is 6. The molecular weight excluding hydrogens is 320 g/mol. The van der Waals surface area contributed by atoms with Crippen LogP contribution in [0.25, 0.3) is 5.69 Å². The van der Waals surface area contributed by atoms with E-state index < -0.39 is 11.9 Å². The van der Waals surface area contributed by atoms with Gasteiger partial charge in [-0.2, -0.15) is 0 Å². The highest BCUT2D eigenvalue weighted by molar-refractivity contribution is 5.94. The van der Waals surface area contributed by atoms with E-state index in [0.29, 0.717) is 5.69 Å². The molecule has 1 aromatic carbocycles. The van der Waals surface area contributed by atoms with Crippen LogP contribution in [0, 0.1) is 19.8 Å². The first-order chi connectivity index (χ1) is 11.9. The Balaban J connectivity index is 1.86. The summed E-state index contributed by atoms with van der Waals surface area (Å²) < 4.78 is 1.64. The smallest absolute Gasteiger partial charge is 0.308 e. The molecule has 1 aliphatic carbocycles. The van der Waals surface area contributed by atoms with E-state index in [2.05, 4.69) is 10.3 Å². The van der Waals surface area contributed by atoms with Crippen molar-refractivity contribution in [2.45, 2.75) is 39.7 Å². The number of aromatic nitrogens is 3. The zero-order valence-corrected chi connectivity index (χ0v) is 14.6. The molecule has 0 spiro atoms. The van der Waals surface area contributed by atoms with Crippen LogP contribution in [0.4, 0.5) is 0 Å². The summed E-state index contributed by atoms with van der Waals surface area (Å²) in [5, 5.41) is 17.3. The molecule has 0 bridgehead atoms. The monoisotopic (exact) mass is 342 g/mol. The summed E-state index contributed by atoms with van der Waals surface area (Å²) in [5.41, 5.74) is 2.92. The van der Waals surface area contributed by atoms with Gasteiger partial charge in [-0.25, -0.2) is 4.68 Å². The molecule has 0 radical (unpaired) electrons. The van der Waals surface area contributed by atoms with Gasteiger partial charge < -0.3 is 10.0 Å². The average Bonchev–Trinajstić information content (AvgIpc) is 3.35. The molecule has 0 saturated heterocycles. The number of benzene rings is 1. The first-order valence-corrected chi connectivity index (χ1v) is 8.41. The summed E-state index contributed by atoms with van der Waals surface area (Å²) in [6.45, 7) is 5.61. The second-order valence-corrected chi connectivity index (χ2v) is 6.70. The summed E-state index contributed by atoms with van der Waals surface area (Å²) in [5.74, 6) is -1.76. The number of hydrogen-bond donors (Lipinski definition) is 1. The molecule has 1 atom stereocenters. The predicted octanol–water partition coefficient (Wildman–Crippen LogP) is 2.21. The largest absolute Gasteiger partial charge is 0.481 e. The molecule has 0 unspecified atom stereocenters. The van der Waals surface area contributed by atoms with E-state index in [1.165, 1.54) is 0 Å². The van der Waals surface area contributed by atoms with E-state index in [4.69, 9.17) is 5.11 Å². The van der Waals surface area contributed by atoms with Gasteiger partial charge in [0.15, 0.2) is 5.69 Å². The van der Waals surface area contributed by atoms with Crippen LogP contribution in [0.1, 0.15) is 41.5 Å². The third-order valence-corrected chi connectivity index (χ3v) is 4.52. The molecule has 1 aliphatic rings. The van der Waals surface area contributed by atoms with Crippen LogP contribution in [0.15, 0.2) is 24.3 Å². The second-order valence-electron chi connectivity index (χ2n) is 6.70. The van der Waals surface area contributed by atoms with Crippen LogP contribution in [0.2, 0.25) is 0 Å². The Hall–Kier alpha value is -2.70. The fourth-order valence-electron chi connectivity index (χ4n) is 2.75. The van der Waals surface area contributed by atoms with Crippen molar-refractivity contribution in [3.05, 3.63) is 41.2 Å². The Kier molecular flexibility index (Phi) is 4.57. The van der Waals surface area contributed by atoms with Crippen molar-refractivity contribution in [1.29, 1.82) is 0 Å². The Morgan fingerprint density at radius 3 is 2.48 bits per heavy atom. The van der Waals surface area contributed by atoms with Gasteiger partial charge in [0, 0.05) is 12.6 Å². The van der Waals surface area contributed by atoms with Crippen LogP contribution in [-0.2, 0) is 4.79 Å². The van der Waals surface area contributed by atoms with Crippen molar-refractivity contribution in [2.24, 2.45) is 5.92 Å². The Morgan fingerprint density at radius 2 is 1.92 bits per heavy atom. The minimum Gasteiger partial charge on any atom is -0.481 e. The minimum absolute atomic E-state index is 0.109. The topological polar surface area (TPSA) is 88.3 Å². The summed E-state index contributed by atoms with van der Waals surface area (Å²) in [6, 6.07) is 7.91. The number of aryl methyl sites for hydroxylation is 1. The lowest BCUT2D eigenvalue weighted by Crippen LogP contribution is -2.39. The number of aliphatic carboxylic acids is 1. The number of hydrogen-bond acceptors (Lipinski definition) is 4. The van der Waals surface area contributed by atoms with Crippen molar-refractivity contribution in [1.82, 2.24) is 19.9 Å². The van der Waals surface area contributed by atoms with Gasteiger partial charge in [0.25, 0.3) is 5.91 Å². The van der Waals surface area contributed by atoms with Gasteiger partial charge in [0.05, 0.1) is 17.3 Å². The summed E-state index contributed by atoms with van der Waals surface area (Å²) in [6.07, 6.45) is 1.81. The van der Waals surface area contributed by atoms with Crippen molar-refractivity contribution in [2.75, 3.05) is 6.54 Å². The van der Waals surface area contributed by atoms with E-state index >= 15 is 0 Å². The standard InChI is InChI=1S/C18H22N4O3/c1-11-4-6-15(7-5-11)22-13(3)16(19-20-22)17(23)21(14-8-9-14)10-12(2)18(24)25/h4-7,12,14H,8-10H2,1-3H3,(H,24,25)/t12-/m1/s1. The van der Waals surface area contributed by atoms with Crippen molar-refractivity contribution in [3.8, 4) is 5.69 Å². The fraction of sp³-hybridized carbons (Fsp3) is 0.444. The average molecular weight is 342 g/mol. The van der Waals surface area contributed by atoms with Gasteiger partial charge >= 0.3 is 5.97 Å². The quantitative estimate of drug-likeness (QED) is 0.869. The molecule has 1 N–H and O–H groups in total. The maximum atomic E-state index is 12.9. The molecule has 3 rings (SSSR count). The van der Waals surface area contributed by atoms with Crippen molar-refractivity contribution >= 4 is 11.9 Å². The third kappa shape index (κ3) is 3.55. The molecule has 1 aromatic heterocycles. The Bertz CT molecular complexity index is 793. The first kappa shape index (κ1) is 17.1. The van der Waals surface area contributed by atoms with E-state index in [1.807, 2.05) is 31.2 Å². The zero-order chi connectivity index (χ0) is 18.1. The lowest BCUT2D eigenvalue weighted by Gasteiger charge is -2.23.